The minimum absolute atomic E-state index is 0.00631. The molecule has 0 radical (unpaired) electrons. The van der Waals surface area contributed by atoms with Crippen molar-refractivity contribution in [2.24, 2.45) is 0 Å². The highest BCUT2D eigenvalue weighted by Crippen LogP contribution is 2.58. The molecule has 50 heavy (non-hydrogen) atoms. The summed E-state index contributed by atoms with van der Waals surface area (Å²) in [6.07, 6.45) is 0. The van der Waals surface area contributed by atoms with E-state index < -0.39 is 0 Å². The quantitative estimate of drug-likeness (QED) is 0.115. The van der Waals surface area contributed by atoms with E-state index in [1.165, 1.54) is 130 Å². The molecule has 0 heterocycles. The molecular formula is C50H36. The Bertz CT molecular complexity index is 3180. The van der Waals surface area contributed by atoms with Crippen molar-refractivity contribution in [2.75, 3.05) is 0 Å². The molecule has 0 unspecified atom stereocenters. The third-order valence-electron chi connectivity index (χ3n) is 12.5. The Balaban J connectivity index is 1.59. The maximum Gasteiger partial charge on any atom is -0.0000476 e. The summed E-state index contributed by atoms with van der Waals surface area (Å²) in [4.78, 5) is 0. The molecule has 0 heteroatoms. The summed E-state index contributed by atoms with van der Waals surface area (Å²) < 4.78 is 0. The van der Waals surface area contributed by atoms with Gasteiger partial charge in [-0.15, -0.1) is 0 Å². The molecule has 0 aliphatic rings. The highest BCUT2D eigenvalue weighted by Gasteiger charge is 2.31. The lowest BCUT2D eigenvalue weighted by molar-refractivity contribution is 0.591. The Morgan fingerprint density at radius 2 is 0.480 bits per heavy atom. The SMILES string of the molecule is CC(C)(C)c1cc2c3cccc4c5ccccc5c5c6cc(C(C)(C)C)cc7c8cccc9c%10ccccc%10c%10c(c1)c2c(c5c43)c(c76)c%10c98. The van der Waals surface area contributed by atoms with Gasteiger partial charge in [-0.2, -0.15) is 0 Å². The zero-order chi connectivity index (χ0) is 33.6. The first-order valence-electron chi connectivity index (χ1n) is 18.2. The van der Waals surface area contributed by atoms with E-state index in [4.69, 9.17) is 0 Å². The molecule has 12 rings (SSSR count). The molecule has 0 fully saturated rings. The molecule has 0 atom stereocenters. The summed E-state index contributed by atoms with van der Waals surface area (Å²) in [5, 5.41) is 30.8. The Labute approximate surface area is 290 Å². The lowest BCUT2D eigenvalue weighted by atomic mass is 9.73. The summed E-state index contributed by atoms with van der Waals surface area (Å²) in [6.45, 7) is 14.2. The van der Waals surface area contributed by atoms with E-state index in [9.17, 15) is 0 Å². The fourth-order valence-corrected chi connectivity index (χ4v) is 10.2. The molecular weight excluding hydrogens is 601 g/mol. The fraction of sp³-hybridized carbons (Fsp3) is 0.160. The second kappa shape index (κ2) is 8.45. The summed E-state index contributed by atoms with van der Waals surface area (Å²) >= 11 is 0. The van der Waals surface area contributed by atoms with Crippen molar-refractivity contribution in [1.82, 2.24) is 0 Å². The van der Waals surface area contributed by atoms with Gasteiger partial charge in [0, 0.05) is 0 Å². The molecule has 0 saturated carbocycles. The molecule has 0 aromatic heterocycles. The summed E-state index contributed by atoms with van der Waals surface area (Å²) in [5.41, 5.74) is 2.77. The van der Waals surface area contributed by atoms with Crippen LogP contribution in [0.25, 0.3) is 118 Å². The molecule has 12 aromatic rings. The van der Waals surface area contributed by atoms with Gasteiger partial charge in [-0.3, -0.25) is 0 Å². The number of fused-ring (bicyclic) bond motifs is 10. The maximum absolute atomic E-state index is 2.56. The lowest BCUT2D eigenvalue weighted by Crippen LogP contribution is -2.12. The second-order valence-corrected chi connectivity index (χ2v) is 17.2. The Hall–Kier alpha value is -5.46. The van der Waals surface area contributed by atoms with Crippen LogP contribution in [0.15, 0.2) is 109 Å². The van der Waals surface area contributed by atoms with Gasteiger partial charge in [-0.05, 0) is 165 Å². The zero-order valence-corrected chi connectivity index (χ0v) is 29.4. The molecule has 0 aliphatic carbocycles. The summed E-state index contributed by atoms with van der Waals surface area (Å²) in [5.74, 6) is 0. The lowest BCUT2D eigenvalue weighted by Gasteiger charge is -2.30. The molecule has 0 bridgehead atoms. The van der Waals surface area contributed by atoms with Gasteiger partial charge in [-0.1, -0.05) is 126 Å². The van der Waals surface area contributed by atoms with Gasteiger partial charge in [0.15, 0.2) is 0 Å². The topological polar surface area (TPSA) is 0 Å². The van der Waals surface area contributed by atoms with Gasteiger partial charge in [-0.25, -0.2) is 0 Å². The van der Waals surface area contributed by atoms with Gasteiger partial charge in [0.1, 0.15) is 0 Å². The van der Waals surface area contributed by atoms with Crippen molar-refractivity contribution >= 4 is 118 Å². The van der Waals surface area contributed by atoms with E-state index in [0.717, 1.165) is 0 Å². The molecule has 0 nitrogen and oxygen atoms in total. The van der Waals surface area contributed by atoms with Crippen LogP contribution in [0.4, 0.5) is 0 Å². The van der Waals surface area contributed by atoms with Gasteiger partial charge >= 0.3 is 0 Å². The molecule has 0 aliphatic heterocycles. The van der Waals surface area contributed by atoms with E-state index in [1.54, 1.807) is 0 Å². The first kappa shape index (κ1) is 27.4. The van der Waals surface area contributed by atoms with Gasteiger partial charge < -0.3 is 0 Å². The number of rotatable bonds is 0. The Kier molecular flexibility index (Phi) is 4.63. The predicted molar refractivity (Wildman–Crippen MR) is 221 cm³/mol. The second-order valence-electron chi connectivity index (χ2n) is 17.2. The van der Waals surface area contributed by atoms with Crippen molar-refractivity contribution in [2.45, 2.75) is 52.4 Å². The van der Waals surface area contributed by atoms with E-state index in [1.807, 2.05) is 0 Å². The van der Waals surface area contributed by atoms with Crippen molar-refractivity contribution in [1.29, 1.82) is 0 Å². The van der Waals surface area contributed by atoms with Crippen molar-refractivity contribution in [3.05, 3.63) is 120 Å². The normalized spacial score (nSPS) is 13.8. The van der Waals surface area contributed by atoms with Crippen LogP contribution in [0.1, 0.15) is 52.7 Å². The van der Waals surface area contributed by atoms with Crippen LogP contribution in [-0.2, 0) is 10.8 Å². The average Bonchev–Trinajstić information content (AvgIpc) is 3.11. The van der Waals surface area contributed by atoms with Crippen molar-refractivity contribution in [3.8, 4) is 0 Å². The van der Waals surface area contributed by atoms with Gasteiger partial charge in [0.2, 0.25) is 0 Å². The first-order valence-corrected chi connectivity index (χ1v) is 18.2. The van der Waals surface area contributed by atoms with E-state index in [-0.39, 0.29) is 10.8 Å². The Morgan fingerprint density at radius 3 is 0.840 bits per heavy atom. The van der Waals surface area contributed by atoms with Crippen LogP contribution in [0, 0.1) is 0 Å². The molecule has 12 aromatic carbocycles. The molecule has 0 N–H and O–H groups in total. The summed E-state index contributed by atoms with van der Waals surface area (Å²) in [6, 6.07) is 42.8. The standard InChI is InChI=1S/C50H36/c1-49(2,3)25-21-35-33-19-11-17-31-28-14-8-10-16-30(28)42-38-24-26(50(4,5)6)22-36-34-20-12-18-32-27-13-7-9-15-29(27)41-37(23-25)43(35)47(46(42)39(31)33)48(44(36)38)45(41)40(32)34/h7-24H,1-6H3. The Morgan fingerprint density at radius 1 is 0.240 bits per heavy atom. The van der Waals surface area contributed by atoms with Crippen LogP contribution in [0.2, 0.25) is 0 Å². The molecule has 0 saturated heterocycles. The molecule has 236 valence electrons. The largest absolute Gasteiger partial charge is 0.0616 e. The van der Waals surface area contributed by atoms with Crippen molar-refractivity contribution in [3.63, 3.8) is 0 Å². The van der Waals surface area contributed by atoms with Crippen LogP contribution >= 0.6 is 0 Å². The molecule has 0 amide bonds. The minimum atomic E-state index is -0.00631. The molecule has 0 spiro atoms. The maximum atomic E-state index is 2.56. The van der Waals surface area contributed by atoms with Crippen molar-refractivity contribution < 1.29 is 0 Å². The van der Waals surface area contributed by atoms with Crippen LogP contribution in [0.5, 0.6) is 0 Å². The van der Waals surface area contributed by atoms with E-state index in [0.29, 0.717) is 0 Å². The van der Waals surface area contributed by atoms with Crippen LogP contribution in [-0.4, -0.2) is 0 Å². The summed E-state index contributed by atoms with van der Waals surface area (Å²) in [7, 11) is 0. The number of benzene rings is 12. The zero-order valence-electron chi connectivity index (χ0n) is 29.4. The third kappa shape index (κ3) is 3.00. The monoisotopic (exact) mass is 636 g/mol. The average molecular weight is 637 g/mol. The fourth-order valence-electron chi connectivity index (χ4n) is 10.2. The van der Waals surface area contributed by atoms with Crippen LogP contribution in [0.3, 0.4) is 0 Å². The highest BCUT2D eigenvalue weighted by atomic mass is 14.3. The van der Waals surface area contributed by atoms with E-state index >= 15 is 0 Å². The number of hydrogen-bond donors (Lipinski definition) is 0. The highest BCUT2D eigenvalue weighted by molar-refractivity contribution is 6.58. The smallest absolute Gasteiger partial charge is 0.0000476 e. The van der Waals surface area contributed by atoms with E-state index in [2.05, 4.69) is 151 Å². The third-order valence-corrected chi connectivity index (χ3v) is 12.5. The first-order chi connectivity index (χ1) is 24.1. The number of hydrogen-bond acceptors (Lipinski definition) is 0. The van der Waals surface area contributed by atoms with Gasteiger partial charge in [0.05, 0.1) is 0 Å². The predicted octanol–water partition coefficient (Wildman–Crippen LogP) is 14.7. The van der Waals surface area contributed by atoms with Crippen LogP contribution < -0.4 is 0 Å². The minimum Gasteiger partial charge on any atom is -0.0616 e. The van der Waals surface area contributed by atoms with Gasteiger partial charge in [0.25, 0.3) is 0 Å².